The molecule has 16 atom stereocenters. The molecule has 18 nitrogen and oxygen atoms in total. The summed E-state index contributed by atoms with van der Waals surface area (Å²) in [6, 6.07) is 0. The minimum Gasteiger partial charge on any atom is -0.467 e. The zero-order valence-electron chi connectivity index (χ0n) is 30.9. The smallest absolute Gasteiger partial charge is 0.348 e. The lowest BCUT2D eigenvalue weighted by atomic mass is 9.38. The van der Waals surface area contributed by atoms with Crippen LogP contribution in [0.15, 0.2) is 23.5 Å². The van der Waals surface area contributed by atoms with Crippen molar-refractivity contribution in [1.29, 1.82) is 0 Å². The van der Waals surface area contributed by atoms with Crippen LogP contribution in [0.3, 0.4) is 0 Å². The number of allylic oxidation sites excluding steroid dienone is 2. The van der Waals surface area contributed by atoms with Crippen LogP contribution in [0, 0.1) is 34.5 Å². The highest BCUT2D eigenvalue weighted by molar-refractivity contribution is 5.97. The second-order valence-electron chi connectivity index (χ2n) is 16.0. The molecule has 0 aromatic carbocycles. The van der Waals surface area contributed by atoms with Crippen LogP contribution in [0.1, 0.15) is 48.0 Å². The lowest BCUT2D eigenvalue weighted by molar-refractivity contribution is -0.296. The fourth-order valence-corrected chi connectivity index (χ4v) is 10.1. The van der Waals surface area contributed by atoms with E-state index in [4.69, 9.17) is 33.2 Å². The fraction of sp³-hybridized carbons (Fsp3) is 0.750. The van der Waals surface area contributed by atoms with Crippen LogP contribution in [-0.4, -0.2) is 147 Å². The number of hydrogen-bond donors (Lipinski definition) is 6. The number of rotatable bonds is 8. The Labute approximate surface area is 309 Å². The molecule has 3 saturated heterocycles. The van der Waals surface area contributed by atoms with Crippen LogP contribution in [0.4, 0.5) is 0 Å². The normalized spacial score (nSPS) is 45.6. The number of ether oxygens (including phenoxy) is 7. The Bertz CT molecular complexity index is 1650. The van der Waals surface area contributed by atoms with Crippen LogP contribution < -0.4 is 0 Å². The van der Waals surface area contributed by atoms with Crippen molar-refractivity contribution in [3.8, 4) is 0 Å². The van der Waals surface area contributed by atoms with Gasteiger partial charge >= 0.3 is 23.9 Å². The van der Waals surface area contributed by atoms with Crippen molar-refractivity contribution in [2.24, 2.45) is 34.5 Å². The van der Waals surface area contributed by atoms with Crippen molar-refractivity contribution in [3.05, 3.63) is 23.5 Å². The lowest BCUT2D eigenvalue weighted by Gasteiger charge is -2.67. The van der Waals surface area contributed by atoms with Gasteiger partial charge in [0.2, 0.25) is 18.0 Å². The largest absolute Gasteiger partial charge is 0.467 e. The molecule has 1 spiro atoms. The Morgan fingerprint density at radius 3 is 2.30 bits per heavy atom. The summed E-state index contributed by atoms with van der Waals surface area (Å²) in [7, 11) is 1.03. The van der Waals surface area contributed by atoms with E-state index in [0.29, 0.717) is 0 Å². The highest BCUT2D eigenvalue weighted by Crippen LogP contribution is 2.72. The Morgan fingerprint density at radius 2 is 1.69 bits per heavy atom. The summed E-state index contributed by atoms with van der Waals surface area (Å²) in [4.78, 5) is 66.7. The molecule has 3 aliphatic carbocycles. The Morgan fingerprint density at radius 1 is 1.02 bits per heavy atom. The van der Waals surface area contributed by atoms with E-state index < -0.39 is 144 Å². The van der Waals surface area contributed by atoms with Crippen molar-refractivity contribution in [2.45, 2.75) is 114 Å². The lowest BCUT2D eigenvalue weighted by Crippen LogP contribution is -2.79. The van der Waals surface area contributed by atoms with Gasteiger partial charge in [-0.1, -0.05) is 13.8 Å². The van der Waals surface area contributed by atoms with Gasteiger partial charge < -0.3 is 63.8 Å². The minimum absolute atomic E-state index is 0.00828. The number of aliphatic hydroxyl groups excluding tert-OH is 6. The molecule has 5 fully saturated rings. The maximum atomic E-state index is 13.9. The molecule has 300 valence electrons. The van der Waals surface area contributed by atoms with Crippen molar-refractivity contribution in [3.63, 3.8) is 0 Å². The number of carbonyl (C=O) groups excluding carboxylic acids is 5. The molecule has 0 aromatic rings. The van der Waals surface area contributed by atoms with Crippen LogP contribution in [0.5, 0.6) is 0 Å². The van der Waals surface area contributed by atoms with E-state index in [0.717, 1.165) is 13.2 Å². The second-order valence-corrected chi connectivity index (χ2v) is 16.0. The summed E-state index contributed by atoms with van der Waals surface area (Å²) >= 11 is 0. The number of fused-ring (bicyclic) bond motifs is 2. The van der Waals surface area contributed by atoms with E-state index in [1.54, 1.807) is 13.8 Å². The van der Waals surface area contributed by atoms with Crippen LogP contribution in [0.25, 0.3) is 0 Å². The highest BCUT2D eigenvalue weighted by Gasteiger charge is 2.85. The van der Waals surface area contributed by atoms with E-state index in [1.165, 1.54) is 33.8 Å². The van der Waals surface area contributed by atoms with Crippen molar-refractivity contribution in [2.75, 3.05) is 20.3 Å². The molecule has 3 aliphatic heterocycles. The Hall–Kier alpha value is -3.49. The van der Waals surface area contributed by atoms with Gasteiger partial charge in [-0.25, -0.2) is 14.4 Å². The Balaban J connectivity index is 1.45. The molecule has 6 N–H and O–H groups in total. The summed E-state index contributed by atoms with van der Waals surface area (Å²) < 4.78 is 39.7. The number of methoxy groups -OCH3 is 1. The topological polar surface area (TPSA) is 271 Å². The number of ketones is 1. The summed E-state index contributed by atoms with van der Waals surface area (Å²) in [5.74, 6) is -9.12. The Kier molecular flexibility index (Phi) is 10.1. The average molecular weight is 769 g/mol. The van der Waals surface area contributed by atoms with Crippen LogP contribution in [-0.2, 0) is 57.1 Å². The molecule has 2 bridgehead atoms. The van der Waals surface area contributed by atoms with Gasteiger partial charge in [-0.15, -0.1) is 0 Å². The minimum atomic E-state index is -2.43. The van der Waals surface area contributed by atoms with Crippen LogP contribution >= 0.6 is 0 Å². The van der Waals surface area contributed by atoms with Gasteiger partial charge in [0.15, 0.2) is 11.5 Å². The third kappa shape index (κ3) is 5.63. The molecule has 6 aliphatic rings. The second kappa shape index (κ2) is 13.6. The first-order valence-electron chi connectivity index (χ1n) is 17.8. The van der Waals surface area contributed by atoms with E-state index in [1.807, 2.05) is 0 Å². The van der Waals surface area contributed by atoms with Gasteiger partial charge in [0, 0.05) is 30.3 Å². The van der Waals surface area contributed by atoms with Gasteiger partial charge in [0.25, 0.3) is 0 Å². The predicted molar refractivity (Wildman–Crippen MR) is 175 cm³/mol. The fourth-order valence-electron chi connectivity index (χ4n) is 10.1. The van der Waals surface area contributed by atoms with Gasteiger partial charge in [0.1, 0.15) is 42.2 Å². The van der Waals surface area contributed by atoms with Crippen LogP contribution in [0.2, 0.25) is 0 Å². The molecule has 54 heavy (non-hydrogen) atoms. The summed E-state index contributed by atoms with van der Waals surface area (Å²) in [5.41, 5.74) is -6.34. The standard InChI is InChI=1S/C36H48O18/c1-13(33(4,5)54-15(3)38)8-20(39)53-26-28-35-12-49-36(28,32(47)48-7)29(45)25(44)27(35)34(6)10-17(21(40)14(2)16(34)9-19(35)52-30(26)46)50-31-24(43)23(42)22(41)18(11-37)51-31/h8,10,14,16,18-19,22-29,31,37,41-45H,9,11-12H2,1-7H3/b13-8+/t14?,16?,18-,19-,22-,23+,24-,25-,26-,27?,28-,29?,31-,34+,35-,36+/m1/s1. The summed E-state index contributed by atoms with van der Waals surface area (Å²) in [6.07, 6.45) is -12.9. The molecule has 0 aromatic heterocycles. The highest BCUT2D eigenvalue weighted by atomic mass is 16.7. The molecular weight excluding hydrogens is 720 g/mol. The number of carbonyl (C=O) groups is 5. The molecule has 0 radical (unpaired) electrons. The quantitative estimate of drug-likeness (QED) is 0.0881. The third-order valence-corrected chi connectivity index (χ3v) is 12.8. The zero-order valence-corrected chi connectivity index (χ0v) is 30.9. The predicted octanol–water partition coefficient (Wildman–Crippen LogP) is -2.05. The van der Waals surface area contributed by atoms with Gasteiger partial charge in [-0.2, -0.15) is 0 Å². The van der Waals surface area contributed by atoms with Gasteiger partial charge in [-0.05, 0) is 50.2 Å². The molecule has 6 rings (SSSR count). The van der Waals surface area contributed by atoms with Crippen molar-refractivity contribution >= 4 is 29.7 Å². The average Bonchev–Trinajstić information content (AvgIpc) is 3.41. The van der Waals surface area contributed by atoms with E-state index in [2.05, 4.69) is 0 Å². The molecule has 2 saturated carbocycles. The van der Waals surface area contributed by atoms with E-state index >= 15 is 0 Å². The number of Topliss-reactive ketones (excluding diaryl/α,β-unsaturated/α-hetero) is 1. The van der Waals surface area contributed by atoms with Crippen molar-refractivity contribution in [1.82, 2.24) is 0 Å². The first-order chi connectivity index (χ1) is 25.1. The first-order valence-corrected chi connectivity index (χ1v) is 17.8. The van der Waals surface area contributed by atoms with E-state index in [9.17, 15) is 54.6 Å². The molecule has 18 heteroatoms. The molecule has 4 unspecified atom stereocenters. The first kappa shape index (κ1) is 40.2. The number of esters is 4. The number of aliphatic hydroxyl groups is 6. The van der Waals surface area contributed by atoms with Gasteiger partial charge in [0.05, 0.1) is 32.3 Å². The maximum Gasteiger partial charge on any atom is 0.348 e. The van der Waals surface area contributed by atoms with E-state index in [-0.39, 0.29) is 17.8 Å². The van der Waals surface area contributed by atoms with Gasteiger partial charge in [-0.3, -0.25) is 9.59 Å². The summed E-state index contributed by atoms with van der Waals surface area (Å²) in [5, 5.41) is 65.1. The maximum absolute atomic E-state index is 13.9. The number of hydrogen-bond acceptors (Lipinski definition) is 18. The van der Waals surface area contributed by atoms with Crippen molar-refractivity contribution < 1.29 is 87.8 Å². The molecule has 3 heterocycles. The zero-order chi connectivity index (χ0) is 40.0. The molecular formula is C36H48O18. The third-order valence-electron chi connectivity index (χ3n) is 12.8. The molecule has 0 amide bonds. The monoisotopic (exact) mass is 768 g/mol. The summed E-state index contributed by atoms with van der Waals surface area (Å²) in [6.45, 7) is 7.89. The SMILES string of the molecule is COC(=O)[C@@]12OC[C@]34C([C@@H](O)C1O)[C@@]1(C)C=C(O[C@@H]5O[C@H](CO)[C@@H](O)[C@H](O)[C@H]5O)C(=O)C(C)C1C[C@H]3OC(=O)[C@H](OC(=O)/C=C(\C)C(C)(C)OC(C)=O)[C@H]42.